The number of carbonyl (C=O) groups is 2. The highest BCUT2D eigenvalue weighted by Crippen LogP contribution is 2.19. The number of nitrogens with zero attached hydrogens (tertiary/aromatic N) is 3. The van der Waals surface area contributed by atoms with Crippen LogP contribution in [0.4, 0.5) is 18.9 Å². The van der Waals surface area contributed by atoms with E-state index in [4.69, 9.17) is 4.84 Å². The first-order valence-corrected chi connectivity index (χ1v) is 7.41. The van der Waals surface area contributed by atoms with Crippen LogP contribution < -0.4 is 10.2 Å². The number of halogens is 3. The van der Waals surface area contributed by atoms with Gasteiger partial charge in [0, 0.05) is 0 Å². The lowest BCUT2D eigenvalue weighted by atomic mass is 10.2. The summed E-state index contributed by atoms with van der Waals surface area (Å²) in [5.74, 6) is -6.05. The Bertz CT molecular complexity index is 1040. The van der Waals surface area contributed by atoms with Gasteiger partial charge in [0.15, 0.2) is 24.1 Å². The SMILES string of the molecule is COC(=O)c1ccc2nnn(OCC(=O)Nc3ccc(F)c(F)c3F)c2c1. The monoisotopic (exact) mass is 380 g/mol. The molecule has 2 aromatic carbocycles. The Balaban J connectivity index is 1.72. The van der Waals surface area contributed by atoms with Crippen LogP contribution in [0.2, 0.25) is 0 Å². The molecule has 1 heterocycles. The summed E-state index contributed by atoms with van der Waals surface area (Å²) in [4.78, 5) is 29.5. The zero-order valence-electron chi connectivity index (χ0n) is 13.7. The van der Waals surface area contributed by atoms with Crippen LogP contribution in [0.25, 0.3) is 11.0 Å². The number of carbonyl (C=O) groups excluding carboxylic acids is 2. The molecule has 8 nitrogen and oxygen atoms in total. The second-order valence-electron chi connectivity index (χ2n) is 5.20. The van der Waals surface area contributed by atoms with Gasteiger partial charge < -0.3 is 14.9 Å². The van der Waals surface area contributed by atoms with Crippen molar-refractivity contribution in [2.75, 3.05) is 19.0 Å². The zero-order chi connectivity index (χ0) is 19.6. The maximum absolute atomic E-state index is 13.6. The number of aromatic nitrogens is 3. The molecule has 3 aromatic rings. The van der Waals surface area contributed by atoms with Crippen LogP contribution in [-0.2, 0) is 9.53 Å². The third-order valence-electron chi connectivity index (χ3n) is 3.46. The van der Waals surface area contributed by atoms with Gasteiger partial charge in [-0.15, -0.1) is 5.10 Å². The second-order valence-corrected chi connectivity index (χ2v) is 5.20. The summed E-state index contributed by atoms with van der Waals surface area (Å²) < 4.78 is 44.2. The average Bonchev–Trinajstić information content (AvgIpc) is 3.08. The first kappa shape index (κ1) is 18.2. The molecule has 27 heavy (non-hydrogen) atoms. The van der Waals surface area contributed by atoms with E-state index in [9.17, 15) is 22.8 Å². The number of ether oxygens (including phenoxy) is 1. The van der Waals surface area contributed by atoms with E-state index >= 15 is 0 Å². The molecule has 140 valence electrons. The average molecular weight is 380 g/mol. The Morgan fingerprint density at radius 1 is 1.15 bits per heavy atom. The van der Waals surface area contributed by atoms with E-state index in [0.29, 0.717) is 11.6 Å². The summed E-state index contributed by atoms with van der Waals surface area (Å²) in [6.07, 6.45) is 0. The van der Waals surface area contributed by atoms with Crippen molar-refractivity contribution in [3.05, 3.63) is 53.3 Å². The molecule has 0 saturated carbocycles. The van der Waals surface area contributed by atoms with Crippen molar-refractivity contribution in [3.63, 3.8) is 0 Å². The Hall–Kier alpha value is -3.63. The number of fused-ring (bicyclic) bond motifs is 1. The van der Waals surface area contributed by atoms with Crippen molar-refractivity contribution in [2.24, 2.45) is 0 Å². The van der Waals surface area contributed by atoms with Crippen LogP contribution in [0.5, 0.6) is 0 Å². The van der Waals surface area contributed by atoms with Crippen LogP contribution in [0.3, 0.4) is 0 Å². The predicted octanol–water partition coefficient (Wildman–Crippen LogP) is 1.70. The molecule has 0 aliphatic heterocycles. The molecule has 0 saturated heterocycles. The minimum Gasteiger partial charge on any atom is -0.465 e. The van der Waals surface area contributed by atoms with Gasteiger partial charge in [-0.3, -0.25) is 4.79 Å². The normalized spacial score (nSPS) is 10.7. The highest BCUT2D eigenvalue weighted by Gasteiger charge is 2.16. The Kier molecular flexibility index (Phi) is 4.92. The lowest BCUT2D eigenvalue weighted by Gasteiger charge is -2.08. The molecule has 0 spiro atoms. The maximum Gasteiger partial charge on any atom is 0.337 e. The van der Waals surface area contributed by atoms with Crippen LogP contribution in [0.15, 0.2) is 30.3 Å². The molecule has 0 aliphatic carbocycles. The first-order valence-electron chi connectivity index (χ1n) is 7.41. The van der Waals surface area contributed by atoms with E-state index in [1.807, 2.05) is 5.32 Å². The molecule has 3 rings (SSSR count). The third kappa shape index (κ3) is 3.66. The number of benzene rings is 2. The smallest absolute Gasteiger partial charge is 0.337 e. The van der Waals surface area contributed by atoms with Gasteiger partial charge in [0.05, 0.1) is 18.4 Å². The zero-order valence-corrected chi connectivity index (χ0v) is 13.7. The van der Waals surface area contributed by atoms with Crippen molar-refractivity contribution >= 4 is 28.6 Å². The van der Waals surface area contributed by atoms with Gasteiger partial charge in [0.25, 0.3) is 5.91 Å². The molecule has 1 amide bonds. The first-order chi connectivity index (χ1) is 12.9. The van der Waals surface area contributed by atoms with E-state index in [1.165, 1.54) is 25.3 Å². The molecule has 1 aromatic heterocycles. The van der Waals surface area contributed by atoms with E-state index in [-0.39, 0.29) is 11.1 Å². The number of esters is 1. The van der Waals surface area contributed by atoms with Crippen molar-refractivity contribution in [1.82, 2.24) is 15.2 Å². The summed E-state index contributed by atoms with van der Waals surface area (Å²) in [6.45, 7) is -0.640. The molecular weight excluding hydrogens is 369 g/mol. The Morgan fingerprint density at radius 3 is 2.67 bits per heavy atom. The summed E-state index contributed by atoms with van der Waals surface area (Å²) in [5.41, 5.74) is 0.337. The molecular formula is C16H11F3N4O4. The molecule has 0 atom stereocenters. The number of anilines is 1. The third-order valence-corrected chi connectivity index (χ3v) is 3.46. The van der Waals surface area contributed by atoms with Gasteiger partial charge in [-0.1, -0.05) is 4.85 Å². The molecule has 0 unspecified atom stereocenters. The van der Waals surface area contributed by atoms with E-state index in [1.54, 1.807) is 0 Å². The fourth-order valence-corrected chi connectivity index (χ4v) is 2.17. The number of methoxy groups -OCH3 is 1. The van der Waals surface area contributed by atoms with Gasteiger partial charge in [-0.05, 0) is 35.5 Å². The van der Waals surface area contributed by atoms with E-state index in [2.05, 4.69) is 15.0 Å². The number of nitrogens with one attached hydrogen (secondary N) is 1. The van der Waals surface area contributed by atoms with Gasteiger partial charge >= 0.3 is 5.97 Å². The minimum atomic E-state index is -1.70. The summed E-state index contributed by atoms with van der Waals surface area (Å²) >= 11 is 0. The summed E-state index contributed by atoms with van der Waals surface area (Å²) in [6, 6.07) is 5.93. The van der Waals surface area contributed by atoms with Crippen molar-refractivity contribution in [3.8, 4) is 0 Å². The molecule has 0 aliphatic rings. The van der Waals surface area contributed by atoms with Crippen molar-refractivity contribution < 1.29 is 32.3 Å². The molecule has 0 bridgehead atoms. The van der Waals surface area contributed by atoms with E-state index in [0.717, 1.165) is 10.9 Å². The molecule has 0 radical (unpaired) electrons. The van der Waals surface area contributed by atoms with Crippen LogP contribution in [0.1, 0.15) is 10.4 Å². The largest absolute Gasteiger partial charge is 0.465 e. The summed E-state index contributed by atoms with van der Waals surface area (Å²) in [7, 11) is 1.22. The minimum absolute atomic E-state index is 0.213. The molecule has 0 fully saturated rings. The highest BCUT2D eigenvalue weighted by molar-refractivity contribution is 5.93. The van der Waals surface area contributed by atoms with Gasteiger partial charge in [0.1, 0.15) is 11.0 Å². The van der Waals surface area contributed by atoms with Gasteiger partial charge in [-0.25, -0.2) is 18.0 Å². The molecule has 11 heteroatoms. The predicted molar refractivity (Wildman–Crippen MR) is 85.3 cm³/mol. The quantitative estimate of drug-likeness (QED) is 0.535. The molecule has 1 N–H and O–H groups in total. The Morgan fingerprint density at radius 2 is 1.93 bits per heavy atom. The fourth-order valence-electron chi connectivity index (χ4n) is 2.17. The van der Waals surface area contributed by atoms with Crippen LogP contribution in [0, 0.1) is 17.5 Å². The highest BCUT2D eigenvalue weighted by atomic mass is 19.2. The van der Waals surface area contributed by atoms with Gasteiger partial charge in [-0.2, -0.15) is 0 Å². The number of hydrogen-bond donors (Lipinski definition) is 1. The van der Waals surface area contributed by atoms with Gasteiger partial charge in [0.2, 0.25) is 0 Å². The number of rotatable bonds is 5. The standard InChI is InChI=1S/C16H11F3N4O4/c1-26-16(25)8-2-4-10-12(6-8)23(22-21-10)27-7-13(24)20-11-5-3-9(17)14(18)15(11)19/h2-6H,7H2,1H3,(H,20,24). The Labute approximate surface area is 149 Å². The topological polar surface area (TPSA) is 95.3 Å². The van der Waals surface area contributed by atoms with Crippen LogP contribution >= 0.6 is 0 Å². The lowest BCUT2D eigenvalue weighted by Crippen LogP contribution is -2.26. The lowest BCUT2D eigenvalue weighted by molar-refractivity contribution is -0.121. The number of hydrogen-bond acceptors (Lipinski definition) is 6. The second kappa shape index (κ2) is 7.32. The summed E-state index contributed by atoms with van der Waals surface area (Å²) in [5, 5.41) is 9.51. The maximum atomic E-state index is 13.6. The van der Waals surface area contributed by atoms with Crippen molar-refractivity contribution in [2.45, 2.75) is 0 Å². The van der Waals surface area contributed by atoms with Crippen LogP contribution in [-0.4, -0.2) is 40.8 Å². The fraction of sp³-hybridized carbons (Fsp3) is 0.125. The number of amides is 1. The van der Waals surface area contributed by atoms with E-state index < -0.39 is 41.6 Å². The van der Waals surface area contributed by atoms with Crippen molar-refractivity contribution in [1.29, 1.82) is 0 Å².